The number of hydrogen-bond acceptors (Lipinski definition) is 3. The number of ether oxygens (including phenoxy) is 2. The Hall–Kier alpha value is -3.27. The van der Waals surface area contributed by atoms with Gasteiger partial charge in [-0.05, 0) is 42.8 Å². The van der Waals surface area contributed by atoms with Crippen molar-refractivity contribution in [2.24, 2.45) is 13.0 Å². The molecule has 0 radical (unpaired) electrons. The van der Waals surface area contributed by atoms with Crippen molar-refractivity contribution in [2.45, 2.75) is 25.4 Å². The lowest BCUT2D eigenvalue weighted by molar-refractivity contribution is -0.0126. The van der Waals surface area contributed by atoms with Gasteiger partial charge in [0.25, 0.3) is 5.56 Å². The summed E-state index contributed by atoms with van der Waals surface area (Å²) in [5, 5.41) is 3.28. The van der Waals surface area contributed by atoms with Crippen molar-refractivity contribution < 1.29 is 9.47 Å². The highest BCUT2D eigenvalue weighted by Crippen LogP contribution is 2.54. The molecule has 0 saturated heterocycles. The van der Waals surface area contributed by atoms with Crippen LogP contribution in [0.4, 0.5) is 0 Å². The van der Waals surface area contributed by atoms with Crippen LogP contribution in [0.1, 0.15) is 30.9 Å². The smallest absolute Gasteiger partial charge is 0.258 e. The molecule has 4 heteroatoms. The summed E-state index contributed by atoms with van der Waals surface area (Å²) in [6, 6.07) is 20.5. The number of para-hydroxylation sites is 1. The van der Waals surface area contributed by atoms with Gasteiger partial charge in [-0.25, -0.2) is 0 Å². The number of benzene rings is 3. The molecule has 0 bridgehead atoms. The monoisotopic (exact) mass is 397 g/mol. The van der Waals surface area contributed by atoms with E-state index in [-0.39, 0.29) is 17.4 Å². The highest BCUT2D eigenvalue weighted by atomic mass is 16.5. The Morgan fingerprint density at radius 2 is 1.67 bits per heavy atom. The van der Waals surface area contributed by atoms with Gasteiger partial charge in [0.05, 0.1) is 17.7 Å². The van der Waals surface area contributed by atoms with Crippen molar-refractivity contribution in [3.8, 4) is 11.5 Å². The fraction of sp³-hybridized carbons (Fsp3) is 0.269. The van der Waals surface area contributed by atoms with Crippen molar-refractivity contribution in [1.29, 1.82) is 0 Å². The van der Waals surface area contributed by atoms with E-state index in [1.54, 1.807) is 4.57 Å². The molecule has 4 aromatic rings. The lowest BCUT2D eigenvalue weighted by atomic mass is 9.69. The SMILES string of the molecule is Cn1c(=O)c2c(c3ccccc31)OC(C)(C)C1COc3ccc4ccccc4c3C21. The third-order valence-electron chi connectivity index (χ3n) is 6.92. The van der Waals surface area contributed by atoms with Gasteiger partial charge in [-0.3, -0.25) is 4.79 Å². The third kappa shape index (κ3) is 2.19. The molecule has 6 rings (SSSR count). The maximum absolute atomic E-state index is 13.7. The molecule has 0 fully saturated rings. The summed E-state index contributed by atoms with van der Waals surface area (Å²) in [5.74, 6) is 1.55. The summed E-state index contributed by atoms with van der Waals surface area (Å²) in [6.45, 7) is 4.75. The first-order valence-electron chi connectivity index (χ1n) is 10.4. The zero-order valence-electron chi connectivity index (χ0n) is 17.3. The zero-order chi connectivity index (χ0) is 20.6. The minimum atomic E-state index is -0.471. The van der Waals surface area contributed by atoms with Crippen LogP contribution in [0.15, 0.2) is 65.5 Å². The Morgan fingerprint density at radius 3 is 2.50 bits per heavy atom. The number of pyridine rings is 1. The first-order valence-corrected chi connectivity index (χ1v) is 10.4. The zero-order valence-corrected chi connectivity index (χ0v) is 17.3. The van der Waals surface area contributed by atoms with E-state index in [9.17, 15) is 4.79 Å². The fourth-order valence-electron chi connectivity index (χ4n) is 5.36. The summed E-state index contributed by atoms with van der Waals surface area (Å²) in [7, 11) is 1.85. The van der Waals surface area contributed by atoms with Gasteiger partial charge in [0.15, 0.2) is 0 Å². The molecule has 3 heterocycles. The van der Waals surface area contributed by atoms with Crippen LogP contribution >= 0.6 is 0 Å². The molecule has 2 aliphatic rings. The van der Waals surface area contributed by atoms with Gasteiger partial charge in [-0.1, -0.05) is 42.5 Å². The van der Waals surface area contributed by atoms with Gasteiger partial charge in [0.2, 0.25) is 0 Å². The van der Waals surface area contributed by atoms with Crippen LogP contribution in [-0.2, 0) is 7.05 Å². The van der Waals surface area contributed by atoms with Crippen molar-refractivity contribution in [2.75, 3.05) is 6.61 Å². The number of rotatable bonds is 0. The van der Waals surface area contributed by atoms with E-state index >= 15 is 0 Å². The summed E-state index contributed by atoms with van der Waals surface area (Å²) < 4.78 is 14.5. The maximum atomic E-state index is 13.7. The molecule has 2 unspecified atom stereocenters. The van der Waals surface area contributed by atoms with Crippen molar-refractivity contribution >= 4 is 21.7 Å². The van der Waals surface area contributed by atoms with Crippen LogP contribution in [0.3, 0.4) is 0 Å². The molecule has 2 aliphatic heterocycles. The lowest BCUT2D eigenvalue weighted by Crippen LogP contribution is -2.51. The molecule has 0 amide bonds. The topological polar surface area (TPSA) is 40.5 Å². The van der Waals surface area contributed by atoms with Crippen molar-refractivity contribution in [1.82, 2.24) is 4.57 Å². The third-order valence-corrected chi connectivity index (χ3v) is 6.92. The summed E-state index contributed by atoms with van der Waals surface area (Å²) in [6.07, 6.45) is 0. The second kappa shape index (κ2) is 5.88. The Morgan fingerprint density at radius 1 is 0.933 bits per heavy atom. The minimum Gasteiger partial charge on any atom is -0.493 e. The molecular weight excluding hydrogens is 374 g/mol. The first-order chi connectivity index (χ1) is 14.5. The molecule has 0 saturated carbocycles. The van der Waals surface area contributed by atoms with E-state index in [1.165, 1.54) is 0 Å². The fourth-order valence-corrected chi connectivity index (χ4v) is 5.36. The van der Waals surface area contributed by atoms with E-state index in [4.69, 9.17) is 9.47 Å². The average molecular weight is 397 g/mol. The number of aromatic nitrogens is 1. The first kappa shape index (κ1) is 17.6. The molecular formula is C26H23NO3. The number of aryl methyl sites for hydroxylation is 1. The van der Waals surface area contributed by atoms with Crippen molar-refractivity contribution in [3.63, 3.8) is 0 Å². The molecule has 3 aromatic carbocycles. The summed E-state index contributed by atoms with van der Waals surface area (Å²) in [5.41, 5.74) is 2.29. The molecule has 1 aromatic heterocycles. The lowest BCUT2D eigenvalue weighted by Gasteiger charge is -2.47. The number of fused-ring (bicyclic) bond motifs is 9. The highest BCUT2D eigenvalue weighted by molar-refractivity contribution is 5.91. The standard InChI is InChI=1S/C26H23NO3/c1-26(2)18-14-29-20-13-12-15-8-4-5-9-16(15)21(20)22(18)23-24(30-26)17-10-6-7-11-19(17)27(3)25(23)28/h4-13,18,22H,14H2,1-3H3. The molecule has 2 atom stereocenters. The van der Waals surface area contributed by atoms with Crippen LogP contribution < -0.4 is 15.0 Å². The van der Waals surface area contributed by atoms with E-state index in [0.29, 0.717) is 6.61 Å². The molecule has 0 spiro atoms. The van der Waals surface area contributed by atoms with Crippen LogP contribution in [0, 0.1) is 5.92 Å². The summed E-state index contributed by atoms with van der Waals surface area (Å²) >= 11 is 0. The molecule has 0 aliphatic carbocycles. The Balaban J connectivity index is 1.78. The van der Waals surface area contributed by atoms with Crippen LogP contribution in [0.25, 0.3) is 21.7 Å². The van der Waals surface area contributed by atoms with Gasteiger partial charge in [0, 0.05) is 29.8 Å². The number of hydrogen-bond donors (Lipinski definition) is 0. The normalized spacial score (nSPS) is 21.3. The van der Waals surface area contributed by atoms with Gasteiger partial charge in [0.1, 0.15) is 17.1 Å². The summed E-state index contributed by atoms with van der Waals surface area (Å²) in [4.78, 5) is 13.7. The molecule has 30 heavy (non-hydrogen) atoms. The van der Waals surface area contributed by atoms with E-state index in [0.717, 1.165) is 44.3 Å². The largest absolute Gasteiger partial charge is 0.493 e. The van der Waals surface area contributed by atoms with Gasteiger partial charge in [-0.2, -0.15) is 0 Å². The minimum absolute atomic E-state index is 0.00924. The van der Waals surface area contributed by atoms with E-state index < -0.39 is 5.60 Å². The molecule has 150 valence electrons. The van der Waals surface area contributed by atoms with Crippen molar-refractivity contribution in [3.05, 3.63) is 82.1 Å². The molecule has 0 N–H and O–H groups in total. The van der Waals surface area contributed by atoms with Gasteiger partial charge in [-0.15, -0.1) is 0 Å². The molecule has 4 nitrogen and oxygen atoms in total. The van der Waals surface area contributed by atoms with E-state index in [1.807, 2.05) is 43.4 Å². The second-order valence-electron chi connectivity index (χ2n) is 8.92. The second-order valence-corrected chi connectivity index (χ2v) is 8.92. The van der Waals surface area contributed by atoms with E-state index in [2.05, 4.69) is 38.1 Å². The highest BCUT2D eigenvalue weighted by Gasteiger charge is 2.50. The maximum Gasteiger partial charge on any atom is 0.258 e. The Labute approximate surface area is 174 Å². The predicted octanol–water partition coefficient (Wildman–Crippen LogP) is 5.00. The van der Waals surface area contributed by atoms with Gasteiger partial charge >= 0.3 is 0 Å². The van der Waals surface area contributed by atoms with Crippen LogP contribution in [0.2, 0.25) is 0 Å². The predicted molar refractivity (Wildman–Crippen MR) is 119 cm³/mol. The van der Waals surface area contributed by atoms with Gasteiger partial charge < -0.3 is 14.0 Å². The number of nitrogens with zero attached hydrogens (tertiary/aromatic N) is 1. The van der Waals surface area contributed by atoms with Crippen LogP contribution in [0.5, 0.6) is 11.5 Å². The average Bonchev–Trinajstić information content (AvgIpc) is 2.76. The Bertz CT molecular complexity index is 1400. The van der Waals surface area contributed by atoms with Crippen LogP contribution in [-0.4, -0.2) is 16.8 Å². The quantitative estimate of drug-likeness (QED) is 0.419. The Kier molecular flexibility index (Phi) is 3.45.